The van der Waals surface area contributed by atoms with Gasteiger partial charge in [0.25, 0.3) is 5.97 Å². The molecule has 4 N–H and O–H groups in total. The van der Waals surface area contributed by atoms with Gasteiger partial charge < -0.3 is 35.4 Å². The number of aliphatic imine (C=N–C) groups is 1. The van der Waals surface area contributed by atoms with Crippen molar-refractivity contribution in [2.45, 2.75) is 94.9 Å². The molecule has 7 aliphatic rings. The number of ketones is 1. The molecule has 6 saturated heterocycles. The fourth-order valence-corrected chi connectivity index (χ4v) is 10.8. The Balaban J connectivity index is 0.000000199. The molecule has 0 saturated carbocycles. The van der Waals surface area contributed by atoms with Crippen LogP contribution in [0.5, 0.6) is 0 Å². The number of nitrogens with zero attached hydrogens (tertiary/aromatic N) is 9. The molecule has 0 aromatic heterocycles. The summed E-state index contributed by atoms with van der Waals surface area (Å²) < 4.78 is 11.0. The Morgan fingerprint density at radius 3 is 1.91 bits per heavy atom. The monoisotopic (exact) mass is 1020 g/mol. The van der Waals surface area contributed by atoms with E-state index in [4.69, 9.17) is 53.6 Å². The van der Waals surface area contributed by atoms with Crippen LogP contribution in [0.1, 0.15) is 63.0 Å². The highest BCUT2D eigenvalue weighted by Gasteiger charge is 2.40. The lowest BCUT2D eigenvalue weighted by Crippen LogP contribution is -2.50. The van der Waals surface area contributed by atoms with Crippen LogP contribution in [0.2, 0.25) is 10.0 Å². The molecule has 7 heterocycles. The average Bonchev–Trinajstić information content (AvgIpc) is 4.12. The Labute approximate surface area is 423 Å². The standard InChI is InChI=1S/C23H33ClN6O.C15H21ClN2O.C8H11N3OS.C2H4O2.ClH/c24-18-3-1-17(2-4-18)13-20-14-21(28-9-11-31-12-10-28)16-30(20)19-5-7-29(8-6-19)23-15-22(25)26-27-23;16-13-3-1-12(2-4-13)9-14-10-15(11-17-14)18-5-7-19-8-6-18;1-13-8(10-6-9)11-4-2-7(12)3-5-11;1-2(3)4;/h1-4,19-21H,5-16H2,(H2,25,26);1-4,14-15,17H,5-11H2;2-5H2,1H3;1H3,(H,3,4);1H/t20-,21+;14-,15+;;;/m00.../s1. The summed E-state index contributed by atoms with van der Waals surface area (Å²) in [4.78, 5) is 36.0. The Kier molecular flexibility index (Phi) is 23.6. The third-order valence-electron chi connectivity index (χ3n) is 13.4. The molecule has 68 heavy (non-hydrogen) atoms. The van der Waals surface area contributed by atoms with Gasteiger partial charge in [-0.1, -0.05) is 59.2 Å². The van der Waals surface area contributed by atoms with Gasteiger partial charge in [0.2, 0.25) is 6.19 Å². The lowest BCUT2D eigenvalue weighted by molar-refractivity contribution is -0.134. The summed E-state index contributed by atoms with van der Waals surface area (Å²) in [5, 5.41) is 30.1. The second-order valence-corrected chi connectivity index (χ2v) is 19.6. The summed E-state index contributed by atoms with van der Waals surface area (Å²) in [6.45, 7) is 14.6. The average molecular weight is 1020 g/mol. The van der Waals surface area contributed by atoms with Crippen LogP contribution in [0.15, 0.2) is 63.7 Å². The number of morpholine rings is 2. The first-order chi connectivity index (χ1) is 32.5. The molecule has 0 aliphatic carbocycles. The predicted octanol–water partition coefficient (Wildman–Crippen LogP) is 5.51. The highest BCUT2D eigenvalue weighted by atomic mass is 35.5. The normalized spacial score (nSPS) is 25.0. The van der Waals surface area contributed by atoms with Crippen molar-refractivity contribution in [3.05, 3.63) is 69.7 Å². The van der Waals surface area contributed by atoms with Gasteiger partial charge in [0.1, 0.15) is 17.5 Å². The first kappa shape index (κ1) is 55.4. The van der Waals surface area contributed by atoms with Gasteiger partial charge in [-0.2, -0.15) is 5.26 Å². The van der Waals surface area contributed by atoms with E-state index in [9.17, 15) is 4.79 Å². The third-order valence-corrected chi connectivity index (χ3v) is 14.6. The molecule has 6 fully saturated rings. The second kappa shape index (κ2) is 29.0. The van der Waals surface area contributed by atoms with Crippen LogP contribution in [0.4, 0.5) is 0 Å². The minimum atomic E-state index is -0.833. The fourth-order valence-electron chi connectivity index (χ4n) is 9.96. The van der Waals surface area contributed by atoms with Crippen molar-refractivity contribution in [3.8, 4) is 6.19 Å². The van der Waals surface area contributed by atoms with Gasteiger partial charge in [0, 0.05) is 125 Å². The van der Waals surface area contributed by atoms with Gasteiger partial charge in [-0.15, -0.1) is 27.6 Å². The molecule has 374 valence electrons. The van der Waals surface area contributed by atoms with Crippen LogP contribution < -0.4 is 11.1 Å². The second-order valence-electron chi connectivity index (χ2n) is 17.9. The largest absolute Gasteiger partial charge is 0.481 e. The number of benzene rings is 2. The van der Waals surface area contributed by atoms with Crippen molar-refractivity contribution in [2.75, 3.05) is 98.1 Å². The van der Waals surface area contributed by atoms with E-state index in [0.717, 1.165) is 113 Å². The van der Waals surface area contributed by atoms with Crippen LogP contribution in [0, 0.1) is 11.5 Å². The van der Waals surface area contributed by atoms with Gasteiger partial charge in [0.05, 0.1) is 32.8 Å². The van der Waals surface area contributed by atoms with E-state index in [1.807, 2.05) is 35.4 Å². The number of ether oxygens (including phenoxy) is 2. The zero-order valence-corrected chi connectivity index (χ0v) is 42.7. The van der Waals surface area contributed by atoms with Gasteiger partial charge in [-0.3, -0.25) is 24.3 Å². The van der Waals surface area contributed by atoms with Crippen molar-refractivity contribution >= 4 is 76.0 Å². The Bertz CT molecular complexity index is 1990. The van der Waals surface area contributed by atoms with Gasteiger partial charge >= 0.3 is 0 Å². The highest BCUT2D eigenvalue weighted by molar-refractivity contribution is 8.13. The molecule has 4 atom stereocenters. The summed E-state index contributed by atoms with van der Waals surface area (Å²) in [6.07, 6.45) is 12.5. The molecule has 16 nitrogen and oxygen atoms in total. The minimum absolute atomic E-state index is 0. The molecule has 9 rings (SSSR count). The number of carboxylic acid groups (broad SMARTS) is 1. The molecule has 0 amide bonds. The molecule has 20 heteroatoms. The Morgan fingerprint density at radius 1 is 0.853 bits per heavy atom. The minimum Gasteiger partial charge on any atom is -0.481 e. The quantitative estimate of drug-likeness (QED) is 0.179. The molecule has 0 spiro atoms. The molecule has 0 bridgehead atoms. The third kappa shape index (κ3) is 17.7. The number of nitrogens with two attached hydrogens (primary N) is 1. The Morgan fingerprint density at radius 2 is 1.40 bits per heavy atom. The zero-order valence-electron chi connectivity index (χ0n) is 39.5. The zero-order chi connectivity index (χ0) is 47.5. The maximum absolute atomic E-state index is 10.9. The lowest BCUT2D eigenvalue weighted by atomic mass is 9.98. The molecule has 7 aliphatic heterocycles. The van der Waals surface area contributed by atoms with E-state index in [2.05, 4.69) is 64.4 Å². The fraction of sp³-hybridized carbons (Fsp3) is 0.625. The maximum atomic E-state index is 10.9. The van der Waals surface area contributed by atoms with Crippen LogP contribution in [0.25, 0.3) is 0 Å². The number of hydrogen-bond donors (Lipinski definition) is 3. The number of piperidine rings is 2. The SMILES string of the molecule is CC(=O)O.CSC(=NC#N)N1CCC(=O)CC1.Cl.Clc1ccc(C[C@H]2C[C@@H](N3CCOCC3)CN2)cc1.NC1=NN=C(N2CCC(N3C[C@H](N4CCOCC4)C[C@@H]3Cc3ccc(Cl)cc3)CC2)C1. The first-order valence-electron chi connectivity index (χ1n) is 23.7. The molecular formula is C48H70Cl3N11O5S. The van der Waals surface area contributed by atoms with Gasteiger partial charge in [0.15, 0.2) is 5.17 Å². The summed E-state index contributed by atoms with van der Waals surface area (Å²) in [5.74, 6) is 1.14. The number of likely N-dealkylation sites (tertiary alicyclic amines) is 3. The number of nitriles is 1. The first-order valence-corrected chi connectivity index (χ1v) is 25.7. The number of thioether (sulfide) groups is 1. The molecule has 2 aromatic carbocycles. The number of aliphatic carboxylic acids is 1. The van der Waals surface area contributed by atoms with Crippen LogP contribution in [-0.4, -0.2) is 187 Å². The van der Waals surface area contributed by atoms with E-state index in [1.165, 1.54) is 55.1 Å². The van der Waals surface area contributed by atoms with E-state index >= 15 is 0 Å². The van der Waals surface area contributed by atoms with Crippen LogP contribution >= 0.6 is 47.4 Å². The van der Waals surface area contributed by atoms with E-state index in [1.54, 1.807) is 6.19 Å². The maximum Gasteiger partial charge on any atom is 0.300 e. The van der Waals surface area contributed by atoms with E-state index < -0.39 is 5.97 Å². The van der Waals surface area contributed by atoms with Crippen molar-refractivity contribution in [1.82, 2.24) is 29.8 Å². The summed E-state index contributed by atoms with van der Waals surface area (Å²) in [7, 11) is 0. The van der Waals surface area contributed by atoms with Crippen molar-refractivity contribution in [3.63, 3.8) is 0 Å². The van der Waals surface area contributed by atoms with Crippen molar-refractivity contribution < 1.29 is 24.2 Å². The number of carboxylic acids is 1. The van der Waals surface area contributed by atoms with Crippen molar-refractivity contribution in [2.24, 2.45) is 20.9 Å². The number of Topliss-reactive ketones (excluding diaryl/α,β-unsaturated/α-hetero) is 1. The number of halogens is 3. The molecular weight excluding hydrogens is 949 g/mol. The van der Waals surface area contributed by atoms with Gasteiger partial charge in [-0.05, 0) is 80.2 Å². The number of carbonyl (C=O) groups excluding carboxylic acids is 1. The summed E-state index contributed by atoms with van der Waals surface area (Å²) in [5.41, 5.74) is 8.57. The molecule has 2 aromatic rings. The summed E-state index contributed by atoms with van der Waals surface area (Å²) in [6, 6.07) is 19.7. The van der Waals surface area contributed by atoms with Crippen LogP contribution in [-0.2, 0) is 31.9 Å². The van der Waals surface area contributed by atoms with E-state index in [-0.39, 0.29) is 12.4 Å². The predicted molar refractivity (Wildman–Crippen MR) is 275 cm³/mol. The smallest absolute Gasteiger partial charge is 0.300 e. The number of amidine groups is 3. The van der Waals surface area contributed by atoms with Crippen molar-refractivity contribution in [1.29, 1.82) is 5.26 Å². The van der Waals surface area contributed by atoms with Crippen LogP contribution in [0.3, 0.4) is 0 Å². The molecule has 0 unspecified atom stereocenters. The topological polar surface area (TPSA) is 188 Å². The van der Waals surface area contributed by atoms with E-state index in [0.29, 0.717) is 74.2 Å². The number of rotatable bonds is 7. The molecule has 0 radical (unpaired) electrons. The number of nitrogens with one attached hydrogen (secondary N) is 1. The highest BCUT2D eigenvalue weighted by Crippen LogP contribution is 2.32. The Hall–Kier alpha value is -3.54. The summed E-state index contributed by atoms with van der Waals surface area (Å²) >= 11 is 13.5. The number of carbonyl (C=O) groups is 2. The van der Waals surface area contributed by atoms with Gasteiger partial charge in [-0.25, -0.2) is 0 Å². The number of hydrogen-bond acceptors (Lipinski definition) is 15. The lowest BCUT2D eigenvalue weighted by Gasteiger charge is -2.40.